The molecule has 5 nitrogen and oxygen atoms in total. The molecule has 148 valence electrons. The van der Waals surface area contributed by atoms with E-state index < -0.39 is 0 Å². The highest BCUT2D eigenvalue weighted by atomic mass is 16.7. The second-order valence-corrected chi connectivity index (χ2v) is 7.48. The summed E-state index contributed by atoms with van der Waals surface area (Å²) in [5.41, 5.74) is 2.97. The van der Waals surface area contributed by atoms with Gasteiger partial charge in [-0.2, -0.15) is 0 Å². The maximum absolute atomic E-state index is 13.2. The minimum atomic E-state index is -0.301. The van der Waals surface area contributed by atoms with E-state index in [9.17, 15) is 4.79 Å². The molecular weight excluding hydrogens is 354 g/mol. The van der Waals surface area contributed by atoms with Gasteiger partial charge in [-0.1, -0.05) is 35.9 Å². The Labute approximate surface area is 166 Å². The van der Waals surface area contributed by atoms with Crippen molar-refractivity contribution in [3.8, 4) is 5.75 Å². The molecule has 0 aliphatic carbocycles. The van der Waals surface area contributed by atoms with Crippen molar-refractivity contribution in [2.24, 2.45) is 0 Å². The highest BCUT2D eigenvalue weighted by molar-refractivity contribution is 5.95. The summed E-state index contributed by atoms with van der Waals surface area (Å²) in [5, 5.41) is 0. The van der Waals surface area contributed by atoms with E-state index in [1.807, 2.05) is 41.3 Å². The lowest BCUT2D eigenvalue weighted by Gasteiger charge is -2.38. The van der Waals surface area contributed by atoms with E-state index in [0.717, 1.165) is 31.4 Å². The molecule has 28 heavy (non-hydrogen) atoms. The molecule has 2 fully saturated rings. The number of nitrogens with zero attached hydrogens (tertiary/aromatic N) is 1. The molecule has 2 aliphatic heterocycles. The lowest BCUT2D eigenvalue weighted by molar-refractivity contribution is -0.100. The summed E-state index contributed by atoms with van der Waals surface area (Å²) in [6.07, 6.45) is 2.72. The van der Waals surface area contributed by atoms with E-state index in [4.69, 9.17) is 14.2 Å². The Kier molecular flexibility index (Phi) is 5.93. The van der Waals surface area contributed by atoms with Crippen molar-refractivity contribution in [1.29, 1.82) is 0 Å². The summed E-state index contributed by atoms with van der Waals surface area (Å²) < 4.78 is 17.3. The molecule has 2 saturated heterocycles. The van der Waals surface area contributed by atoms with Gasteiger partial charge < -0.3 is 19.1 Å². The van der Waals surface area contributed by atoms with Crippen LogP contribution in [0.1, 0.15) is 40.7 Å². The van der Waals surface area contributed by atoms with Crippen LogP contribution < -0.4 is 4.74 Å². The highest BCUT2D eigenvalue weighted by Gasteiger charge is 2.36. The summed E-state index contributed by atoms with van der Waals surface area (Å²) in [6.45, 7) is 4.49. The number of piperidine rings is 1. The Morgan fingerprint density at radius 2 is 1.93 bits per heavy atom. The summed E-state index contributed by atoms with van der Waals surface area (Å²) >= 11 is 0. The van der Waals surface area contributed by atoms with E-state index in [0.29, 0.717) is 31.1 Å². The van der Waals surface area contributed by atoms with Crippen molar-refractivity contribution in [3.05, 3.63) is 65.2 Å². The summed E-state index contributed by atoms with van der Waals surface area (Å²) in [7, 11) is 0. The Hall–Kier alpha value is -2.37. The molecule has 0 aromatic heterocycles. The average Bonchev–Trinajstić information content (AvgIpc) is 3.27. The molecular formula is C23H27NO4. The van der Waals surface area contributed by atoms with Crippen LogP contribution in [0.3, 0.4) is 0 Å². The van der Waals surface area contributed by atoms with Crippen LogP contribution in [0.15, 0.2) is 48.5 Å². The standard InChI is InChI=1S/C23H27NO4/c1-17-6-4-7-18(14-17)16-28-20-9-5-8-19(15-20)22(25)24-11-3-2-10-21(24)23-26-12-13-27-23/h4-9,14-15,21,23H,2-3,10-13,16H2,1H3. The molecule has 0 N–H and O–H groups in total. The monoisotopic (exact) mass is 381 g/mol. The second-order valence-electron chi connectivity index (χ2n) is 7.48. The molecule has 0 bridgehead atoms. The fourth-order valence-electron chi connectivity index (χ4n) is 3.94. The molecule has 0 radical (unpaired) electrons. The zero-order valence-electron chi connectivity index (χ0n) is 16.3. The third-order valence-corrected chi connectivity index (χ3v) is 5.34. The van der Waals surface area contributed by atoms with Crippen LogP contribution in [-0.4, -0.2) is 42.9 Å². The van der Waals surface area contributed by atoms with Gasteiger partial charge in [0.1, 0.15) is 12.4 Å². The molecule has 1 unspecified atom stereocenters. The molecule has 4 rings (SSSR count). The lowest BCUT2D eigenvalue weighted by Crippen LogP contribution is -2.50. The van der Waals surface area contributed by atoms with Gasteiger partial charge in [0.15, 0.2) is 6.29 Å². The quantitative estimate of drug-likeness (QED) is 0.787. The highest BCUT2D eigenvalue weighted by Crippen LogP contribution is 2.27. The summed E-state index contributed by atoms with van der Waals surface area (Å²) in [6, 6.07) is 15.7. The van der Waals surface area contributed by atoms with Crippen LogP contribution >= 0.6 is 0 Å². The topological polar surface area (TPSA) is 48.0 Å². The number of aryl methyl sites for hydroxylation is 1. The Morgan fingerprint density at radius 1 is 1.11 bits per heavy atom. The van der Waals surface area contributed by atoms with Gasteiger partial charge in [0.05, 0.1) is 19.3 Å². The number of likely N-dealkylation sites (tertiary alicyclic amines) is 1. The normalized spacial score (nSPS) is 20.3. The molecule has 2 aromatic rings. The summed E-state index contributed by atoms with van der Waals surface area (Å²) in [4.78, 5) is 15.1. The van der Waals surface area contributed by atoms with Gasteiger partial charge in [-0.05, 0) is 49.9 Å². The number of carbonyl (C=O) groups excluding carboxylic acids is 1. The fourth-order valence-corrected chi connectivity index (χ4v) is 3.94. The smallest absolute Gasteiger partial charge is 0.254 e. The first kappa shape index (κ1) is 19.0. The third kappa shape index (κ3) is 4.37. The van der Waals surface area contributed by atoms with Crippen LogP contribution in [0.2, 0.25) is 0 Å². The number of hydrogen-bond donors (Lipinski definition) is 0. The van der Waals surface area contributed by atoms with Crippen molar-refractivity contribution >= 4 is 5.91 Å². The number of benzene rings is 2. The second kappa shape index (κ2) is 8.76. The molecule has 1 amide bonds. The molecule has 2 aliphatic rings. The van der Waals surface area contributed by atoms with Crippen molar-refractivity contribution in [1.82, 2.24) is 4.90 Å². The van der Waals surface area contributed by atoms with Crippen molar-refractivity contribution < 1.29 is 19.0 Å². The van der Waals surface area contributed by atoms with Crippen LogP contribution in [-0.2, 0) is 16.1 Å². The maximum atomic E-state index is 13.2. The van der Waals surface area contributed by atoms with Crippen LogP contribution in [0.5, 0.6) is 5.75 Å². The van der Waals surface area contributed by atoms with Gasteiger partial charge in [-0.15, -0.1) is 0 Å². The molecule has 2 aromatic carbocycles. The predicted molar refractivity (Wildman–Crippen MR) is 106 cm³/mol. The molecule has 2 heterocycles. The van der Waals surface area contributed by atoms with Gasteiger partial charge >= 0.3 is 0 Å². The number of carbonyl (C=O) groups is 1. The molecule has 5 heteroatoms. The minimum Gasteiger partial charge on any atom is -0.489 e. The molecule has 0 spiro atoms. The van der Waals surface area contributed by atoms with Crippen molar-refractivity contribution in [2.45, 2.75) is 45.1 Å². The SMILES string of the molecule is Cc1cccc(COc2cccc(C(=O)N3CCCCC3C3OCCO3)c2)c1. The van der Waals surface area contributed by atoms with E-state index in [1.165, 1.54) is 5.56 Å². The zero-order valence-corrected chi connectivity index (χ0v) is 16.3. The van der Waals surface area contributed by atoms with Gasteiger partial charge in [0.2, 0.25) is 0 Å². The van der Waals surface area contributed by atoms with Gasteiger partial charge in [0, 0.05) is 12.1 Å². The average molecular weight is 381 g/mol. The first-order chi connectivity index (χ1) is 13.7. The number of hydrogen-bond acceptors (Lipinski definition) is 4. The van der Waals surface area contributed by atoms with E-state index in [2.05, 4.69) is 19.1 Å². The van der Waals surface area contributed by atoms with Crippen LogP contribution in [0.4, 0.5) is 0 Å². The maximum Gasteiger partial charge on any atom is 0.254 e. The molecule has 0 saturated carbocycles. The van der Waals surface area contributed by atoms with Gasteiger partial charge in [-0.3, -0.25) is 4.79 Å². The van der Waals surface area contributed by atoms with E-state index in [1.54, 1.807) is 0 Å². The first-order valence-corrected chi connectivity index (χ1v) is 10.0. The fraction of sp³-hybridized carbons (Fsp3) is 0.435. The lowest BCUT2D eigenvalue weighted by atomic mass is 10.00. The van der Waals surface area contributed by atoms with Crippen LogP contribution in [0.25, 0.3) is 0 Å². The Bertz CT molecular complexity index is 816. The predicted octanol–water partition coefficient (Wildman–Crippen LogP) is 3.94. The Morgan fingerprint density at radius 3 is 2.75 bits per heavy atom. The minimum absolute atomic E-state index is 0.0133. The number of amides is 1. The van der Waals surface area contributed by atoms with E-state index >= 15 is 0 Å². The van der Waals surface area contributed by atoms with Crippen molar-refractivity contribution in [3.63, 3.8) is 0 Å². The Balaban J connectivity index is 1.45. The number of ether oxygens (including phenoxy) is 3. The van der Waals surface area contributed by atoms with Crippen LogP contribution in [0, 0.1) is 6.92 Å². The summed E-state index contributed by atoms with van der Waals surface area (Å²) in [5.74, 6) is 0.721. The van der Waals surface area contributed by atoms with Gasteiger partial charge in [0.25, 0.3) is 5.91 Å². The van der Waals surface area contributed by atoms with E-state index in [-0.39, 0.29) is 18.2 Å². The van der Waals surface area contributed by atoms with Crippen molar-refractivity contribution in [2.75, 3.05) is 19.8 Å². The largest absolute Gasteiger partial charge is 0.489 e. The number of rotatable bonds is 5. The zero-order chi connectivity index (χ0) is 19.3. The molecule has 1 atom stereocenters. The van der Waals surface area contributed by atoms with Gasteiger partial charge in [-0.25, -0.2) is 0 Å². The first-order valence-electron chi connectivity index (χ1n) is 10.0. The third-order valence-electron chi connectivity index (χ3n) is 5.34.